The number of carbonyl (C=O) groups is 1. The Bertz CT molecular complexity index is 743. The van der Waals surface area contributed by atoms with E-state index in [-0.39, 0.29) is 23.9 Å². The van der Waals surface area contributed by atoms with E-state index in [0.717, 1.165) is 19.3 Å². The van der Waals surface area contributed by atoms with Gasteiger partial charge < -0.3 is 14.6 Å². The van der Waals surface area contributed by atoms with Crippen LogP contribution in [0.4, 0.5) is 0 Å². The van der Waals surface area contributed by atoms with Crippen molar-refractivity contribution in [3.05, 3.63) is 47.8 Å². The van der Waals surface area contributed by atoms with Crippen molar-refractivity contribution in [2.75, 3.05) is 0 Å². The number of benzene rings is 1. The van der Waals surface area contributed by atoms with Crippen LogP contribution in [0.5, 0.6) is 17.2 Å². The first kappa shape index (κ1) is 20.7. The number of aromatic nitrogens is 1. The SMILES string of the molecule is CCCCC(Oc1cccnc1)Oc1ccc(CC(=O)C(C)C)c(O)c1C. The third-order valence-electron chi connectivity index (χ3n) is 4.43. The molecule has 1 aromatic heterocycles. The number of hydrogen-bond donors (Lipinski definition) is 1. The molecule has 0 radical (unpaired) electrons. The fraction of sp³-hybridized carbons (Fsp3) is 0.455. The molecule has 5 heteroatoms. The Labute approximate surface area is 161 Å². The molecule has 0 aliphatic heterocycles. The number of phenolic OH excluding ortho intramolecular Hbond substituents is 1. The molecule has 0 amide bonds. The number of Topliss-reactive ketones (excluding diaryl/α,β-unsaturated/α-hetero) is 1. The molecule has 2 aromatic rings. The van der Waals surface area contributed by atoms with Crippen LogP contribution in [0.2, 0.25) is 0 Å². The Morgan fingerprint density at radius 1 is 1.22 bits per heavy atom. The summed E-state index contributed by atoms with van der Waals surface area (Å²) in [5.74, 6) is 1.33. The average molecular weight is 371 g/mol. The van der Waals surface area contributed by atoms with Crippen molar-refractivity contribution in [1.82, 2.24) is 4.98 Å². The first-order valence-electron chi connectivity index (χ1n) is 9.49. The molecule has 0 aliphatic carbocycles. The molecule has 1 atom stereocenters. The lowest BCUT2D eigenvalue weighted by Gasteiger charge is -2.22. The van der Waals surface area contributed by atoms with Gasteiger partial charge in [-0.3, -0.25) is 9.78 Å². The van der Waals surface area contributed by atoms with Crippen molar-refractivity contribution < 1.29 is 19.4 Å². The predicted octanol–water partition coefficient (Wildman–Crippen LogP) is 4.84. The van der Waals surface area contributed by atoms with Gasteiger partial charge in [0.2, 0.25) is 6.29 Å². The molecule has 1 aromatic carbocycles. The second-order valence-electron chi connectivity index (χ2n) is 6.99. The minimum absolute atomic E-state index is 0.0630. The van der Waals surface area contributed by atoms with E-state index in [0.29, 0.717) is 22.6 Å². The van der Waals surface area contributed by atoms with Crippen LogP contribution in [0.25, 0.3) is 0 Å². The molecule has 1 heterocycles. The van der Waals surface area contributed by atoms with E-state index in [4.69, 9.17) is 9.47 Å². The third kappa shape index (κ3) is 5.98. The van der Waals surface area contributed by atoms with Gasteiger partial charge in [-0.2, -0.15) is 0 Å². The smallest absolute Gasteiger partial charge is 0.241 e. The van der Waals surface area contributed by atoms with E-state index in [1.807, 2.05) is 26.0 Å². The number of unbranched alkanes of at least 4 members (excludes halogenated alkanes) is 1. The number of carbonyl (C=O) groups excluding carboxylic acids is 1. The zero-order valence-corrected chi connectivity index (χ0v) is 16.6. The van der Waals surface area contributed by atoms with E-state index in [9.17, 15) is 9.90 Å². The van der Waals surface area contributed by atoms with Crippen LogP contribution >= 0.6 is 0 Å². The first-order chi connectivity index (χ1) is 12.9. The molecule has 0 fully saturated rings. The van der Waals surface area contributed by atoms with Gasteiger partial charge in [-0.15, -0.1) is 0 Å². The van der Waals surface area contributed by atoms with Crippen LogP contribution in [-0.4, -0.2) is 22.2 Å². The van der Waals surface area contributed by atoms with E-state index in [1.165, 1.54) is 0 Å². The molecule has 146 valence electrons. The number of phenols is 1. The largest absolute Gasteiger partial charge is 0.507 e. The lowest BCUT2D eigenvalue weighted by Crippen LogP contribution is -2.24. The van der Waals surface area contributed by atoms with Crippen molar-refractivity contribution in [1.29, 1.82) is 0 Å². The van der Waals surface area contributed by atoms with Crippen LogP contribution in [0.1, 0.15) is 51.2 Å². The second-order valence-corrected chi connectivity index (χ2v) is 6.99. The quantitative estimate of drug-likeness (QED) is 0.605. The molecular weight excluding hydrogens is 342 g/mol. The lowest BCUT2D eigenvalue weighted by molar-refractivity contribution is -0.121. The second kappa shape index (κ2) is 9.95. The van der Waals surface area contributed by atoms with Gasteiger partial charge in [0.1, 0.15) is 23.0 Å². The summed E-state index contributed by atoms with van der Waals surface area (Å²) in [5.41, 5.74) is 1.23. The van der Waals surface area contributed by atoms with Gasteiger partial charge in [0.15, 0.2) is 0 Å². The Morgan fingerprint density at radius 2 is 2.00 bits per heavy atom. The highest BCUT2D eigenvalue weighted by Gasteiger charge is 2.18. The Balaban J connectivity index is 2.16. The maximum atomic E-state index is 12.0. The van der Waals surface area contributed by atoms with Crippen LogP contribution in [0.15, 0.2) is 36.7 Å². The fourth-order valence-corrected chi connectivity index (χ4v) is 2.62. The molecule has 27 heavy (non-hydrogen) atoms. The van der Waals surface area contributed by atoms with Gasteiger partial charge >= 0.3 is 0 Å². The summed E-state index contributed by atoms with van der Waals surface area (Å²) in [7, 11) is 0. The number of hydrogen-bond acceptors (Lipinski definition) is 5. The van der Waals surface area contributed by atoms with Gasteiger partial charge in [0.05, 0.1) is 6.20 Å². The van der Waals surface area contributed by atoms with Crippen LogP contribution in [-0.2, 0) is 11.2 Å². The Morgan fingerprint density at radius 3 is 2.63 bits per heavy atom. The summed E-state index contributed by atoms with van der Waals surface area (Å²) in [6.07, 6.45) is 5.78. The van der Waals surface area contributed by atoms with Gasteiger partial charge in [0.25, 0.3) is 0 Å². The minimum atomic E-state index is -0.476. The van der Waals surface area contributed by atoms with Gasteiger partial charge in [0, 0.05) is 36.1 Å². The molecule has 2 rings (SSSR count). The van der Waals surface area contributed by atoms with Crippen molar-refractivity contribution in [3.63, 3.8) is 0 Å². The number of rotatable bonds is 10. The normalized spacial score (nSPS) is 12.0. The summed E-state index contributed by atoms with van der Waals surface area (Å²) in [6, 6.07) is 7.19. The summed E-state index contributed by atoms with van der Waals surface area (Å²) in [4.78, 5) is 16.0. The molecule has 0 saturated heterocycles. The number of ketones is 1. The number of pyridine rings is 1. The fourth-order valence-electron chi connectivity index (χ4n) is 2.62. The molecular formula is C22H29NO4. The van der Waals surface area contributed by atoms with Crippen molar-refractivity contribution in [2.24, 2.45) is 5.92 Å². The molecule has 0 bridgehead atoms. The Hall–Kier alpha value is -2.56. The van der Waals surface area contributed by atoms with Crippen molar-refractivity contribution >= 4 is 5.78 Å². The molecule has 1 unspecified atom stereocenters. The standard InChI is InChI=1S/C22H29NO4/c1-5-6-9-21(26-18-8-7-12-23-14-18)27-20-11-10-17(22(25)16(20)4)13-19(24)15(2)3/h7-8,10-12,14-15,21,25H,5-6,9,13H2,1-4H3. The maximum absolute atomic E-state index is 12.0. The minimum Gasteiger partial charge on any atom is -0.507 e. The highest BCUT2D eigenvalue weighted by molar-refractivity contribution is 5.83. The van der Waals surface area contributed by atoms with Crippen LogP contribution < -0.4 is 9.47 Å². The van der Waals surface area contributed by atoms with Crippen molar-refractivity contribution in [2.45, 2.75) is 59.7 Å². The number of aromatic hydroxyl groups is 1. The number of nitrogens with zero attached hydrogens (tertiary/aromatic N) is 1. The van der Waals surface area contributed by atoms with E-state index >= 15 is 0 Å². The highest BCUT2D eigenvalue weighted by atomic mass is 16.7. The lowest BCUT2D eigenvalue weighted by atomic mass is 9.98. The molecule has 1 N–H and O–H groups in total. The maximum Gasteiger partial charge on any atom is 0.241 e. The first-order valence-corrected chi connectivity index (χ1v) is 9.49. The van der Waals surface area contributed by atoms with E-state index in [1.54, 1.807) is 31.5 Å². The summed E-state index contributed by atoms with van der Waals surface area (Å²) >= 11 is 0. The monoisotopic (exact) mass is 371 g/mol. The zero-order valence-electron chi connectivity index (χ0n) is 16.6. The van der Waals surface area contributed by atoms with Gasteiger partial charge in [-0.1, -0.05) is 33.3 Å². The summed E-state index contributed by atoms with van der Waals surface area (Å²) < 4.78 is 12.0. The third-order valence-corrected chi connectivity index (χ3v) is 4.43. The van der Waals surface area contributed by atoms with Crippen molar-refractivity contribution in [3.8, 4) is 17.2 Å². The summed E-state index contributed by atoms with van der Waals surface area (Å²) in [5, 5.41) is 10.5. The molecule has 0 aliphatic rings. The van der Waals surface area contributed by atoms with Crippen LogP contribution in [0, 0.1) is 12.8 Å². The molecule has 5 nitrogen and oxygen atoms in total. The highest BCUT2D eigenvalue weighted by Crippen LogP contribution is 2.32. The van der Waals surface area contributed by atoms with E-state index in [2.05, 4.69) is 11.9 Å². The van der Waals surface area contributed by atoms with E-state index < -0.39 is 6.29 Å². The Kier molecular flexibility index (Phi) is 7.65. The van der Waals surface area contributed by atoms with Gasteiger partial charge in [-0.05, 0) is 31.5 Å². The molecule has 0 spiro atoms. The average Bonchev–Trinajstić information content (AvgIpc) is 2.66. The molecule has 0 saturated carbocycles. The zero-order chi connectivity index (χ0) is 19.8. The number of ether oxygens (including phenoxy) is 2. The van der Waals surface area contributed by atoms with Gasteiger partial charge in [-0.25, -0.2) is 0 Å². The predicted molar refractivity (Wildman–Crippen MR) is 105 cm³/mol. The summed E-state index contributed by atoms with van der Waals surface area (Å²) in [6.45, 7) is 7.61. The van der Waals surface area contributed by atoms with Crippen LogP contribution in [0.3, 0.4) is 0 Å². The topological polar surface area (TPSA) is 68.7 Å².